The van der Waals surface area contributed by atoms with E-state index in [-0.39, 0.29) is 46.9 Å². The van der Waals surface area contributed by atoms with Crippen molar-refractivity contribution in [3.63, 3.8) is 0 Å². The van der Waals surface area contributed by atoms with Gasteiger partial charge in [-0.1, -0.05) is 270 Å². The molecular formula is C66H74N4Si4Yb. The molecule has 0 unspecified atom stereocenters. The van der Waals surface area contributed by atoms with Gasteiger partial charge in [0.25, 0.3) is 0 Å². The molecule has 0 N–H and O–H groups in total. The second kappa shape index (κ2) is 26.6. The number of nitrogens with zero attached hydrogens (tertiary/aromatic N) is 4. The van der Waals surface area contributed by atoms with Gasteiger partial charge in [-0.05, 0) is 123 Å². The fourth-order valence-corrected chi connectivity index (χ4v) is 11.9. The van der Waals surface area contributed by atoms with E-state index in [0.29, 0.717) is 0 Å². The van der Waals surface area contributed by atoms with Crippen LogP contribution in [0.3, 0.4) is 0 Å². The number of rotatable bonds is 16. The molecule has 0 spiro atoms. The van der Waals surface area contributed by atoms with Gasteiger partial charge in [-0.15, -0.1) is 11.4 Å². The van der Waals surface area contributed by atoms with Crippen molar-refractivity contribution in [1.29, 1.82) is 0 Å². The van der Waals surface area contributed by atoms with E-state index in [4.69, 9.17) is 19.3 Å². The Hall–Kier alpha value is -5.43. The Kier molecular flexibility index (Phi) is 20.8. The second-order valence-electron chi connectivity index (χ2n) is 22.7. The van der Waals surface area contributed by atoms with Crippen LogP contribution < -0.4 is 0 Å². The van der Waals surface area contributed by atoms with Gasteiger partial charge in [0.05, 0.1) is 11.4 Å². The predicted octanol–water partition coefficient (Wildman–Crippen LogP) is 19.8. The Labute approximate surface area is 493 Å². The molecule has 0 radical (unpaired) electrons. The molecule has 8 aromatic rings. The fraction of sp³-hybridized carbons (Fsp3) is 0.182. The van der Waals surface area contributed by atoms with Crippen LogP contribution in [0.1, 0.15) is 22.3 Å². The summed E-state index contributed by atoms with van der Waals surface area (Å²) in [5, 5.41) is 0. The van der Waals surface area contributed by atoms with Gasteiger partial charge in [-0.2, -0.15) is 0 Å². The third-order valence-corrected chi connectivity index (χ3v) is 15.2. The molecule has 8 rings (SSSR count). The molecule has 4 nitrogen and oxygen atoms in total. The van der Waals surface area contributed by atoms with Gasteiger partial charge < -0.3 is 19.3 Å². The third kappa shape index (κ3) is 19.0. The molecule has 0 bridgehead atoms. The van der Waals surface area contributed by atoms with E-state index < -0.39 is 32.9 Å². The van der Waals surface area contributed by atoms with Gasteiger partial charge in [0.15, 0.2) is 16.5 Å². The molecule has 0 saturated carbocycles. The Morgan fingerprint density at radius 3 is 0.680 bits per heavy atom. The summed E-state index contributed by atoms with van der Waals surface area (Å²) in [5.74, 6) is 0. The van der Waals surface area contributed by atoms with Crippen molar-refractivity contribution in [2.45, 2.75) is 78.6 Å². The summed E-state index contributed by atoms with van der Waals surface area (Å²) in [6, 6.07) is 77.2. The molecule has 0 heterocycles. The molecule has 0 aliphatic heterocycles. The first kappa shape index (κ1) is 58.8. The number of benzene rings is 8. The van der Waals surface area contributed by atoms with E-state index in [1.54, 1.807) is 0 Å². The molecule has 0 aliphatic carbocycles. The van der Waals surface area contributed by atoms with Gasteiger partial charge in [0.1, 0.15) is 0 Å². The van der Waals surface area contributed by atoms with Crippen LogP contribution in [0.4, 0.5) is 0 Å². The maximum Gasteiger partial charge on any atom is 2.00 e. The van der Waals surface area contributed by atoms with Crippen LogP contribution in [0, 0.1) is 46.9 Å². The van der Waals surface area contributed by atoms with Crippen molar-refractivity contribution in [1.82, 2.24) is 0 Å². The monoisotopic (exact) mass is 1210 g/mol. The van der Waals surface area contributed by atoms with Crippen molar-refractivity contribution in [3.05, 3.63) is 263 Å². The van der Waals surface area contributed by atoms with Crippen molar-refractivity contribution in [3.8, 4) is 44.5 Å². The van der Waals surface area contributed by atoms with Crippen LogP contribution >= 0.6 is 0 Å². The largest absolute Gasteiger partial charge is 2.00 e. The first-order valence-electron chi connectivity index (χ1n) is 25.9. The molecule has 9 heteroatoms. The molecule has 0 saturated heterocycles. The first-order valence-corrected chi connectivity index (χ1v) is 39.7. The van der Waals surface area contributed by atoms with Gasteiger partial charge in [-0.25, -0.2) is 0 Å². The second-order valence-corrected chi connectivity index (χ2v) is 41.0. The van der Waals surface area contributed by atoms with E-state index >= 15 is 0 Å². The zero-order valence-electron chi connectivity index (χ0n) is 46.0. The molecule has 8 aromatic carbocycles. The zero-order valence-corrected chi connectivity index (χ0v) is 51.7. The zero-order chi connectivity index (χ0) is 52.9. The summed E-state index contributed by atoms with van der Waals surface area (Å²) in [7, 11) is -6.99. The molecule has 0 fully saturated rings. The Morgan fingerprint density at radius 2 is 0.480 bits per heavy atom. The normalized spacial score (nSPS) is 12.7. The van der Waals surface area contributed by atoms with Crippen molar-refractivity contribution in [2.75, 3.05) is 0 Å². The quantitative estimate of drug-likeness (QED) is 0.0684. The maximum atomic E-state index is 5.28. The maximum absolute atomic E-state index is 5.28. The minimum atomic E-state index is -1.75. The van der Waals surface area contributed by atoms with Crippen LogP contribution in [0.25, 0.3) is 65.9 Å². The topological polar surface area (TPSA) is 52.9 Å². The van der Waals surface area contributed by atoms with Crippen LogP contribution in [0.15, 0.2) is 240 Å². The average Bonchev–Trinajstić information content (AvgIpc) is 3.38. The van der Waals surface area contributed by atoms with E-state index in [1.807, 2.05) is 0 Å². The first-order chi connectivity index (χ1) is 35.1. The molecule has 0 atom stereocenters. The summed E-state index contributed by atoms with van der Waals surface area (Å²) in [6.45, 7) is 27.4. The minimum Gasteiger partial charge on any atom is -0.687 e. The van der Waals surface area contributed by atoms with Gasteiger partial charge in [0, 0.05) is 0 Å². The number of allylic oxidation sites excluding steroid dienone is 2. The number of hydrogen-bond donors (Lipinski definition) is 0. The molecule has 0 amide bonds. The summed E-state index contributed by atoms with van der Waals surface area (Å²) >= 11 is 0. The van der Waals surface area contributed by atoms with Crippen molar-refractivity contribution in [2.24, 2.45) is 9.32 Å². The number of hydrogen-bond acceptors (Lipinski definition) is 2. The summed E-state index contributed by atoms with van der Waals surface area (Å²) in [6.07, 6.45) is 4.43. The summed E-state index contributed by atoms with van der Waals surface area (Å²) in [5.41, 5.74) is 18.3. The van der Waals surface area contributed by atoms with Gasteiger partial charge in [0.2, 0.25) is 0 Å². The van der Waals surface area contributed by atoms with Gasteiger partial charge >= 0.3 is 46.9 Å². The standard InChI is InChI=1S/2C33H37N2Si2.Yb/c2*1-36(2,3)34-32(30-21-17-28(18-22-30)26-13-9-7-10-14-26)25-33(35-37(4,5)6)31-23-19-29(20-24-31)27-15-11-8-12-16-27;/h2*7-25H,1-6H3;/q2*-1;+2/b2*32-25-,35-33-;. The Bertz CT molecular complexity index is 2950. The molecule has 0 aliphatic rings. The van der Waals surface area contributed by atoms with E-state index in [2.05, 4.69) is 309 Å². The van der Waals surface area contributed by atoms with E-state index in [9.17, 15) is 0 Å². The summed E-state index contributed by atoms with van der Waals surface area (Å²) in [4.78, 5) is 10.6. The smallest absolute Gasteiger partial charge is 0.687 e. The fourth-order valence-electron chi connectivity index (χ4n) is 8.28. The Morgan fingerprint density at radius 1 is 0.280 bits per heavy atom. The van der Waals surface area contributed by atoms with Crippen molar-refractivity contribution < 1.29 is 46.9 Å². The van der Waals surface area contributed by atoms with Crippen LogP contribution in [-0.4, -0.2) is 44.4 Å². The van der Waals surface area contributed by atoms with Gasteiger partial charge in [-0.3, -0.25) is 0 Å². The minimum absolute atomic E-state index is 0. The molecule has 75 heavy (non-hydrogen) atoms. The third-order valence-electron chi connectivity index (χ3n) is 11.5. The van der Waals surface area contributed by atoms with E-state index in [0.717, 1.165) is 45.1 Å². The van der Waals surface area contributed by atoms with Crippen molar-refractivity contribution >= 4 is 55.8 Å². The van der Waals surface area contributed by atoms with Crippen LogP contribution in [0.2, 0.25) is 78.6 Å². The van der Waals surface area contributed by atoms with Crippen LogP contribution in [0.5, 0.6) is 0 Å². The summed E-state index contributed by atoms with van der Waals surface area (Å²) < 4.78 is 10.6. The molecule has 0 aromatic heterocycles. The SMILES string of the molecule is C[Si](C)(C)/N=C(/C=C(\[N-][Si](C)(C)C)c1ccc(-c2ccccc2)cc1)c1ccc(-c2ccccc2)cc1.C[Si](C)(C)/N=C(/C=C(\[N-][Si](C)(C)C)c1ccc(-c2ccccc2)cc1)c1ccc(-c2ccccc2)cc1.[Yb+2]. The van der Waals surface area contributed by atoms with Crippen LogP contribution in [-0.2, 0) is 0 Å². The molecule has 388 valence electrons. The van der Waals surface area contributed by atoms with E-state index in [1.165, 1.54) is 44.5 Å². The molecular weight excluding hydrogens is 1130 g/mol. The average molecular weight is 1210 g/mol. The Balaban J connectivity index is 0.000000241. The predicted molar refractivity (Wildman–Crippen MR) is 337 cm³/mol.